The van der Waals surface area contributed by atoms with E-state index in [0.29, 0.717) is 18.4 Å². The van der Waals surface area contributed by atoms with Crippen LogP contribution in [0.5, 0.6) is 0 Å². The molecule has 140 valence electrons. The first-order chi connectivity index (χ1) is 13.0. The highest BCUT2D eigenvalue weighted by Crippen LogP contribution is 2.27. The van der Waals surface area contributed by atoms with Gasteiger partial charge in [0.15, 0.2) is 0 Å². The lowest BCUT2D eigenvalue weighted by Crippen LogP contribution is -2.37. The quantitative estimate of drug-likeness (QED) is 0.743. The van der Waals surface area contributed by atoms with Crippen LogP contribution in [0.4, 0.5) is 16.6 Å². The SMILES string of the molecule is CC(Nc1nccc(N2C(=O)OCC2C(C)C)n1)c1cc2ccccn2c1. The van der Waals surface area contributed by atoms with Gasteiger partial charge in [-0.05, 0) is 42.7 Å². The summed E-state index contributed by atoms with van der Waals surface area (Å²) in [6.07, 6.45) is 5.42. The molecule has 7 heteroatoms. The van der Waals surface area contributed by atoms with E-state index in [1.165, 1.54) is 0 Å². The Kier molecular flexibility index (Phi) is 4.43. The number of nitrogens with one attached hydrogen (secondary N) is 1. The first-order valence-electron chi connectivity index (χ1n) is 9.15. The number of pyridine rings is 1. The van der Waals surface area contributed by atoms with E-state index in [1.54, 1.807) is 17.2 Å². The van der Waals surface area contributed by atoms with Gasteiger partial charge in [-0.3, -0.25) is 4.90 Å². The van der Waals surface area contributed by atoms with Crippen molar-refractivity contribution in [1.29, 1.82) is 0 Å². The zero-order valence-electron chi connectivity index (χ0n) is 15.7. The van der Waals surface area contributed by atoms with E-state index in [9.17, 15) is 4.79 Å². The molecular formula is C20H23N5O2. The minimum atomic E-state index is -0.356. The van der Waals surface area contributed by atoms with Crippen LogP contribution in [0.1, 0.15) is 32.4 Å². The molecule has 0 saturated carbocycles. The summed E-state index contributed by atoms with van der Waals surface area (Å²) in [7, 11) is 0. The van der Waals surface area contributed by atoms with Crippen LogP contribution >= 0.6 is 0 Å². The summed E-state index contributed by atoms with van der Waals surface area (Å²) >= 11 is 0. The molecule has 2 unspecified atom stereocenters. The summed E-state index contributed by atoms with van der Waals surface area (Å²) in [6, 6.07) is 9.96. The molecule has 2 atom stereocenters. The van der Waals surface area contributed by atoms with Crippen LogP contribution in [-0.2, 0) is 4.74 Å². The van der Waals surface area contributed by atoms with Crippen molar-refractivity contribution in [2.24, 2.45) is 5.92 Å². The largest absolute Gasteiger partial charge is 0.447 e. The number of amides is 1. The van der Waals surface area contributed by atoms with Crippen LogP contribution in [0, 0.1) is 5.92 Å². The molecule has 3 aromatic heterocycles. The first-order valence-corrected chi connectivity index (χ1v) is 9.15. The Hall–Kier alpha value is -3.09. The lowest BCUT2D eigenvalue weighted by Gasteiger charge is -2.23. The van der Waals surface area contributed by atoms with Gasteiger partial charge in [0.2, 0.25) is 5.95 Å². The van der Waals surface area contributed by atoms with Gasteiger partial charge < -0.3 is 14.5 Å². The molecule has 1 aliphatic heterocycles. The third-order valence-corrected chi connectivity index (χ3v) is 4.93. The summed E-state index contributed by atoms with van der Waals surface area (Å²) in [5, 5.41) is 3.33. The number of hydrogen-bond acceptors (Lipinski definition) is 5. The predicted octanol–water partition coefficient (Wildman–Crippen LogP) is 3.88. The number of anilines is 2. The monoisotopic (exact) mass is 365 g/mol. The Balaban J connectivity index is 1.56. The maximum Gasteiger partial charge on any atom is 0.415 e. The van der Waals surface area contributed by atoms with Crippen LogP contribution in [-0.4, -0.2) is 33.1 Å². The van der Waals surface area contributed by atoms with Gasteiger partial charge >= 0.3 is 6.09 Å². The highest BCUT2D eigenvalue weighted by atomic mass is 16.6. The molecule has 3 aromatic rings. The molecule has 0 radical (unpaired) electrons. The lowest BCUT2D eigenvalue weighted by atomic mass is 10.0. The van der Waals surface area contributed by atoms with Gasteiger partial charge in [-0.1, -0.05) is 19.9 Å². The molecule has 0 spiro atoms. The van der Waals surface area contributed by atoms with E-state index in [4.69, 9.17) is 4.74 Å². The fourth-order valence-electron chi connectivity index (χ4n) is 3.33. The van der Waals surface area contributed by atoms with Gasteiger partial charge in [0.05, 0.1) is 12.1 Å². The van der Waals surface area contributed by atoms with Gasteiger partial charge in [-0.25, -0.2) is 9.78 Å². The van der Waals surface area contributed by atoms with Crippen LogP contribution in [0.15, 0.2) is 48.9 Å². The Morgan fingerprint density at radius 3 is 2.89 bits per heavy atom. The van der Waals surface area contributed by atoms with Crippen molar-refractivity contribution in [3.8, 4) is 0 Å². The van der Waals surface area contributed by atoms with Gasteiger partial charge in [0.25, 0.3) is 0 Å². The second kappa shape index (κ2) is 6.90. The van der Waals surface area contributed by atoms with Crippen molar-refractivity contribution in [3.05, 3.63) is 54.5 Å². The van der Waals surface area contributed by atoms with E-state index >= 15 is 0 Å². The molecule has 1 N–H and O–H groups in total. The van der Waals surface area contributed by atoms with Crippen LogP contribution in [0.2, 0.25) is 0 Å². The van der Waals surface area contributed by atoms with E-state index in [-0.39, 0.29) is 24.1 Å². The average Bonchev–Trinajstić information content (AvgIpc) is 3.25. The molecule has 4 heterocycles. The summed E-state index contributed by atoms with van der Waals surface area (Å²) in [4.78, 5) is 22.7. The number of ether oxygens (including phenoxy) is 1. The Labute approximate surface area is 158 Å². The van der Waals surface area contributed by atoms with Gasteiger partial charge in [-0.2, -0.15) is 4.98 Å². The summed E-state index contributed by atoms with van der Waals surface area (Å²) in [5.41, 5.74) is 2.27. The van der Waals surface area contributed by atoms with Crippen LogP contribution < -0.4 is 10.2 Å². The normalized spacial score (nSPS) is 18.1. The fourth-order valence-corrected chi connectivity index (χ4v) is 3.33. The predicted molar refractivity (Wildman–Crippen MR) is 104 cm³/mol. The molecule has 1 fully saturated rings. The standard InChI is InChI=1S/C20H23N5O2/c1-13(2)17-12-27-20(26)25(17)18-7-8-21-19(23-18)22-14(3)15-10-16-6-4-5-9-24(16)11-15/h4-11,13-14,17H,12H2,1-3H3,(H,21,22,23). The van der Waals surface area contributed by atoms with Crippen molar-refractivity contribution in [2.75, 3.05) is 16.8 Å². The number of nitrogens with zero attached hydrogens (tertiary/aromatic N) is 4. The number of rotatable bonds is 5. The molecule has 0 bridgehead atoms. The van der Waals surface area contributed by atoms with Crippen molar-refractivity contribution >= 4 is 23.4 Å². The van der Waals surface area contributed by atoms with E-state index in [0.717, 1.165) is 11.1 Å². The Morgan fingerprint density at radius 1 is 1.26 bits per heavy atom. The lowest BCUT2D eigenvalue weighted by molar-refractivity contribution is 0.177. The molecule has 1 aliphatic rings. The molecule has 1 saturated heterocycles. The zero-order chi connectivity index (χ0) is 19.0. The molecule has 7 nitrogen and oxygen atoms in total. The number of carbonyl (C=O) groups is 1. The highest BCUT2D eigenvalue weighted by Gasteiger charge is 2.37. The zero-order valence-corrected chi connectivity index (χ0v) is 15.7. The second-order valence-corrected chi connectivity index (χ2v) is 7.17. The Bertz CT molecular complexity index is 935. The summed E-state index contributed by atoms with van der Waals surface area (Å²) < 4.78 is 7.30. The van der Waals surface area contributed by atoms with Gasteiger partial charge in [0, 0.05) is 24.1 Å². The molecule has 0 aliphatic carbocycles. The first kappa shape index (κ1) is 17.3. The van der Waals surface area contributed by atoms with Crippen molar-refractivity contribution in [2.45, 2.75) is 32.9 Å². The van der Waals surface area contributed by atoms with Crippen LogP contribution in [0.25, 0.3) is 5.52 Å². The second-order valence-electron chi connectivity index (χ2n) is 7.17. The Morgan fingerprint density at radius 2 is 2.11 bits per heavy atom. The molecular weight excluding hydrogens is 342 g/mol. The number of hydrogen-bond donors (Lipinski definition) is 1. The molecule has 4 rings (SSSR count). The summed E-state index contributed by atoms with van der Waals surface area (Å²) in [6.45, 7) is 6.59. The van der Waals surface area contributed by atoms with Crippen LogP contribution in [0.3, 0.4) is 0 Å². The topological polar surface area (TPSA) is 71.8 Å². The maximum absolute atomic E-state index is 12.2. The third-order valence-electron chi connectivity index (χ3n) is 4.93. The van der Waals surface area contributed by atoms with Crippen molar-refractivity contribution < 1.29 is 9.53 Å². The van der Waals surface area contributed by atoms with E-state index < -0.39 is 0 Å². The number of aromatic nitrogens is 3. The molecule has 1 amide bonds. The van der Waals surface area contributed by atoms with Gasteiger partial charge in [-0.15, -0.1) is 0 Å². The minimum Gasteiger partial charge on any atom is -0.447 e. The smallest absolute Gasteiger partial charge is 0.415 e. The van der Waals surface area contributed by atoms with Gasteiger partial charge in [0.1, 0.15) is 12.4 Å². The maximum atomic E-state index is 12.2. The molecule has 0 aromatic carbocycles. The minimum absolute atomic E-state index is 0.0190. The number of fused-ring (bicyclic) bond motifs is 1. The number of carbonyl (C=O) groups excluding carboxylic acids is 1. The summed E-state index contributed by atoms with van der Waals surface area (Å²) in [5.74, 6) is 1.32. The van der Waals surface area contributed by atoms with E-state index in [1.807, 2.05) is 18.3 Å². The third kappa shape index (κ3) is 3.32. The molecule has 27 heavy (non-hydrogen) atoms. The van der Waals surface area contributed by atoms with Crippen molar-refractivity contribution in [3.63, 3.8) is 0 Å². The fraction of sp³-hybridized carbons (Fsp3) is 0.350. The van der Waals surface area contributed by atoms with E-state index in [2.05, 4.69) is 58.8 Å². The number of cyclic esters (lactones) is 1. The van der Waals surface area contributed by atoms with Crippen molar-refractivity contribution in [1.82, 2.24) is 14.4 Å². The average molecular weight is 365 g/mol. The highest BCUT2D eigenvalue weighted by molar-refractivity contribution is 5.89.